The number of nitrogens with zero attached hydrogens (tertiary/aromatic N) is 5. The standard InChI is InChI=1S/C17H20N6O3/c24-16(21-6-8-26-9-7-21)15-12-23(20-19-15)14-10-22(11-14)17(25)18-13-4-2-1-3-5-13/h1-5,12,14H,6-11H2,(H,18,25). The Kier molecular flexibility index (Phi) is 4.53. The first-order valence-electron chi connectivity index (χ1n) is 8.60. The second-order valence-corrected chi connectivity index (χ2v) is 6.34. The molecule has 0 saturated carbocycles. The maximum atomic E-state index is 12.4. The first-order chi connectivity index (χ1) is 12.7. The molecule has 3 heterocycles. The minimum atomic E-state index is -0.141. The fourth-order valence-corrected chi connectivity index (χ4v) is 2.99. The Balaban J connectivity index is 1.31. The molecule has 0 spiro atoms. The third-order valence-corrected chi connectivity index (χ3v) is 4.58. The van der Waals surface area contributed by atoms with Gasteiger partial charge in [-0.3, -0.25) is 4.79 Å². The van der Waals surface area contributed by atoms with Crippen molar-refractivity contribution in [2.24, 2.45) is 0 Å². The van der Waals surface area contributed by atoms with E-state index in [0.29, 0.717) is 45.1 Å². The van der Waals surface area contributed by atoms with Crippen molar-refractivity contribution in [3.8, 4) is 0 Å². The lowest BCUT2D eigenvalue weighted by atomic mass is 10.1. The predicted molar refractivity (Wildman–Crippen MR) is 92.8 cm³/mol. The van der Waals surface area contributed by atoms with Gasteiger partial charge in [-0.15, -0.1) is 5.10 Å². The van der Waals surface area contributed by atoms with Crippen molar-refractivity contribution in [3.05, 3.63) is 42.2 Å². The van der Waals surface area contributed by atoms with Gasteiger partial charge >= 0.3 is 6.03 Å². The van der Waals surface area contributed by atoms with E-state index >= 15 is 0 Å². The highest BCUT2D eigenvalue weighted by molar-refractivity contribution is 5.92. The van der Waals surface area contributed by atoms with E-state index in [-0.39, 0.29) is 18.0 Å². The number of hydrogen-bond acceptors (Lipinski definition) is 5. The van der Waals surface area contributed by atoms with Crippen LogP contribution in [0.3, 0.4) is 0 Å². The summed E-state index contributed by atoms with van der Waals surface area (Å²) < 4.78 is 6.92. The largest absolute Gasteiger partial charge is 0.378 e. The third-order valence-electron chi connectivity index (χ3n) is 4.58. The normalized spacial score (nSPS) is 17.7. The highest BCUT2D eigenvalue weighted by Gasteiger charge is 2.33. The zero-order chi connectivity index (χ0) is 17.9. The van der Waals surface area contributed by atoms with Crippen LogP contribution < -0.4 is 5.32 Å². The minimum absolute atomic E-state index is 0.0373. The third kappa shape index (κ3) is 3.38. The maximum absolute atomic E-state index is 12.4. The predicted octanol–water partition coefficient (Wildman–Crippen LogP) is 0.839. The topological polar surface area (TPSA) is 92.6 Å². The van der Waals surface area contributed by atoms with Crippen LogP contribution >= 0.6 is 0 Å². The average Bonchev–Trinajstić information content (AvgIpc) is 3.11. The lowest BCUT2D eigenvalue weighted by molar-refractivity contribution is 0.0299. The number of morpholine rings is 1. The summed E-state index contributed by atoms with van der Waals surface area (Å²) in [7, 11) is 0. The molecule has 2 aromatic rings. The lowest BCUT2D eigenvalue weighted by Gasteiger charge is -2.38. The summed E-state index contributed by atoms with van der Waals surface area (Å²) in [6, 6.07) is 9.23. The molecule has 1 aromatic carbocycles. The quantitative estimate of drug-likeness (QED) is 0.880. The number of benzene rings is 1. The number of aromatic nitrogens is 3. The van der Waals surface area contributed by atoms with Gasteiger partial charge in [-0.25, -0.2) is 9.48 Å². The van der Waals surface area contributed by atoms with Crippen molar-refractivity contribution in [3.63, 3.8) is 0 Å². The Hall–Kier alpha value is -2.94. The number of amides is 3. The molecule has 0 radical (unpaired) electrons. The van der Waals surface area contributed by atoms with Gasteiger partial charge in [0.05, 0.1) is 25.5 Å². The molecule has 0 atom stereocenters. The number of para-hydroxylation sites is 1. The van der Waals surface area contributed by atoms with E-state index in [1.807, 2.05) is 30.3 Å². The number of anilines is 1. The molecular formula is C17H20N6O3. The summed E-state index contributed by atoms with van der Waals surface area (Å²) in [4.78, 5) is 28.0. The SMILES string of the molecule is O=C(Nc1ccccc1)N1CC(n2cc(C(=O)N3CCOCC3)nn2)C1. The Bertz CT molecular complexity index is 781. The van der Waals surface area contributed by atoms with E-state index in [1.54, 1.807) is 20.7 Å². The summed E-state index contributed by atoms with van der Waals surface area (Å²) in [6.45, 7) is 3.31. The summed E-state index contributed by atoms with van der Waals surface area (Å²) in [5, 5.41) is 10.9. The molecule has 0 unspecified atom stereocenters. The molecule has 2 aliphatic heterocycles. The van der Waals surface area contributed by atoms with E-state index in [0.717, 1.165) is 5.69 Å². The van der Waals surface area contributed by atoms with Gasteiger partial charge in [0.1, 0.15) is 0 Å². The van der Waals surface area contributed by atoms with Gasteiger partial charge in [0, 0.05) is 31.9 Å². The van der Waals surface area contributed by atoms with Gasteiger partial charge in [0.15, 0.2) is 5.69 Å². The number of ether oxygens (including phenoxy) is 1. The second kappa shape index (κ2) is 7.12. The molecule has 0 bridgehead atoms. The van der Waals surface area contributed by atoms with Gasteiger partial charge in [0.25, 0.3) is 5.91 Å². The van der Waals surface area contributed by atoms with E-state index in [9.17, 15) is 9.59 Å². The van der Waals surface area contributed by atoms with Crippen LogP contribution in [0.15, 0.2) is 36.5 Å². The van der Waals surface area contributed by atoms with Gasteiger partial charge in [-0.05, 0) is 12.1 Å². The molecule has 26 heavy (non-hydrogen) atoms. The van der Waals surface area contributed by atoms with Crippen LogP contribution in [0.5, 0.6) is 0 Å². The van der Waals surface area contributed by atoms with Gasteiger partial charge in [0.2, 0.25) is 0 Å². The summed E-state index contributed by atoms with van der Waals surface area (Å²) in [6.07, 6.45) is 1.66. The van der Waals surface area contributed by atoms with Crippen molar-refractivity contribution < 1.29 is 14.3 Å². The van der Waals surface area contributed by atoms with Crippen LogP contribution in [0.1, 0.15) is 16.5 Å². The average molecular weight is 356 g/mol. The maximum Gasteiger partial charge on any atom is 0.321 e. The van der Waals surface area contributed by atoms with Gasteiger partial charge < -0.3 is 19.9 Å². The van der Waals surface area contributed by atoms with Crippen LogP contribution in [0, 0.1) is 0 Å². The van der Waals surface area contributed by atoms with Crippen LogP contribution in [0.2, 0.25) is 0 Å². The number of hydrogen-bond donors (Lipinski definition) is 1. The number of carbonyl (C=O) groups excluding carboxylic acids is 2. The van der Waals surface area contributed by atoms with Crippen molar-refractivity contribution in [2.75, 3.05) is 44.7 Å². The van der Waals surface area contributed by atoms with Crippen molar-refractivity contribution >= 4 is 17.6 Å². The van der Waals surface area contributed by atoms with Gasteiger partial charge in [-0.1, -0.05) is 23.4 Å². The summed E-state index contributed by atoms with van der Waals surface area (Å²) >= 11 is 0. The molecule has 0 aliphatic carbocycles. The number of rotatable bonds is 3. The zero-order valence-corrected chi connectivity index (χ0v) is 14.2. The molecule has 3 amide bonds. The molecule has 9 heteroatoms. The lowest BCUT2D eigenvalue weighted by Crippen LogP contribution is -2.52. The van der Waals surface area contributed by atoms with E-state index in [4.69, 9.17) is 4.74 Å². The first-order valence-corrected chi connectivity index (χ1v) is 8.60. The fourth-order valence-electron chi connectivity index (χ4n) is 2.99. The Morgan fingerprint density at radius 2 is 1.81 bits per heavy atom. The summed E-state index contributed by atoms with van der Waals surface area (Å²) in [5.41, 5.74) is 1.10. The molecule has 2 aliphatic rings. The van der Waals surface area contributed by atoms with E-state index in [2.05, 4.69) is 15.6 Å². The van der Waals surface area contributed by atoms with Crippen LogP contribution in [0.4, 0.5) is 10.5 Å². The molecule has 9 nitrogen and oxygen atoms in total. The molecule has 136 valence electrons. The Morgan fingerprint density at radius 1 is 1.08 bits per heavy atom. The monoisotopic (exact) mass is 356 g/mol. The van der Waals surface area contributed by atoms with Crippen LogP contribution in [-0.2, 0) is 4.74 Å². The Morgan fingerprint density at radius 3 is 2.54 bits per heavy atom. The molecule has 1 N–H and O–H groups in total. The second-order valence-electron chi connectivity index (χ2n) is 6.34. The number of carbonyl (C=O) groups is 2. The smallest absolute Gasteiger partial charge is 0.321 e. The van der Waals surface area contributed by atoms with Crippen molar-refractivity contribution in [1.82, 2.24) is 24.8 Å². The first kappa shape index (κ1) is 16.5. The van der Waals surface area contributed by atoms with Crippen LogP contribution in [0.25, 0.3) is 0 Å². The highest BCUT2D eigenvalue weighted by Crippen LogP contribution is 2.21. The molecule has 1 aromatic heterocycles. The fraction of sp³-hybridized carbons (Fsp3) is 0.412. The molecular weight excluding hydrogens is 336 g/mol. The summed E-state index contributed by atoms with van der Waals surface area (Å²) in [5.74, 6) is -0.127. The minimum Gasteiger partial charge on any atom is -0.378 e. The molecule has 2 saturated heterocycles. The van der Waals surface area contributed by atoms with E-state index < -0.39 is 0 Å². The van der Waals surface area contributed by atoms with Gasteiger partial charge in [-0.2, -0.15) is 0 Å². The van der Waals surface area contributed by atoms with Crippen molar-refractivity contribution in [1.29, 1.82) is 0 Å². The number of nitrogens with one attached hydrogen (secondary N) is 1. The number of urea groups is 1. The molecule has 2 fully saturated rings. The van der Waals surface area contributed by atoms with E-state index in [1.165, 1.54) is 0 Å². The zero-order valence-electron chi connectivity index (χ0n) is 14.2. The van der Waals surface area contributed by atoms with Crippen LogP contribution in [-0.4, -0.2) is 76.1 Å². The number of likely N-dealkylation sites (tertiary alicyclic amines) is 1. The Labute approximate surface area is 150 Å². The molecule has 4 rings (SSSR count). The highest BCUT2D eigenvalue weighted by atomic mass is 16.5. The van der Waals surface area contributed by atoms with Crippen molar-refractivity contribution in [2.45, 2.75) is 6.04 Å².